The highest BCUT2D eigenvalue weighted by atomic mass is 16.5. The average Bonchev–Trinajstić information content (AvgIpc) is 2.94. The molecule has 0 aromatic heterocycles. The van der Waals surface area contributed by atoms with Crippen molar-refractivity contribution in [3.05, 3.63) is 59.7 Å². The molecular formula is C18H18O4. The Kier molecular flexibility index (Phi) is 4.28. The topological polar surface area (TPSA) is 55.8 Å². The molecule has 1 atom stereocenters. The molecule has 0 saturated carbocycles. The van der Waals surface area contributed by atoms with Gasteiger partial charge in [0, 0.05) is 12.0 Å². The predicted molar refractivity (Wildman–Crippen MR) is 82.5 cm³/mol. The zero-order valence-electron chi connectivity index (χ0n) is 12.2. The molecule has 114 valence electrons. The molecule has 1 unspecified atom stereocenters. The number of hydrogen-bond donors (Lipinski definition) is 1. The molecule has 0 aliphatic carbocycles. The van der Waals surface area contributed by atoms with Crippen molar-refractivity contribution in [1.29, 1.82) is 0 Å². The van der Waals surface area contributed by atoms with Gasteiger partial charge in [-0.2, -0.15) is 0 Å². The molecule has 0 spiro atoms. The van der Waals surface area contributed by atoms with Crippen molar-refractivity contribution in [3.63, 3.8) is 0 Å². The summed E-state index contributed by atoms with van der Waals surface area (Å²) in [7, 11) is 0. The van der Waals surface area contributed by atoms with E-state index < -0.39 is 5.97 Å². The molecule has 0 saturated heterocycles. The number of hydrogen-bond acceptors (Lipinski definition) is 3. The van der Waals surface area contributed by atoms with E-state index in [1.807, 2.05) is 30.3 Å². The molecule has 1 aliphatic rings. The first-order valence-electron chi connectivity index (χ1n) is 7.39. The van der Waals surface area contributed by atoms with Gasteiger partial charge in [0.15, 0.2) is 6.61 Å². The molecule has 0 bridgehead atoms. The van der Waals surface area contributed by atoms with Crippen molar-refractivity contribution in [1.82, 2.24) is 0 Å². The van der Waals surface area contributed by atoms with E-state index in [-0.39, 0.29) is 12.7 Å². The van der Waals surface area contributed by atoms with Crippen LogP contribution in [0.4, 0.5) is 0 Å². The van der Waals surface area contributed by atoms with Crippen LogP contribution in [0, 0.1) is 0 Å². The second-order valence-electron chi connectivity index (χ2n) is 5.42. The number of aliphatic carboxylic acids is 1. The van der Waals surface area contributed by atoms with Gasteiger partial charge in [-0.3, -0.25) is 0 Å². The first-order chi connectivity index (χ1) is 10.7. The summed E-state index contributed by atoms with van der Waals surface area (Å²) in [5, 5.41) is 8.64. The molecule has 2 aromatic rings. The fraction of sp³-hybridized carbons (Fsp3) is 0.278. The summed E-state index contributed by atoms with van der Waals surface area (Å²) in [5.41, 5.74) is 2.40. The van der Waals surface area contributed by atoms with Crippen LogP contribution >= 0.6 is 0 Å². The lowest BCUT2D eigenvalue weighted by molar-refractivity contribution is -0.139. The Bertz CT molecular complexity index is 651. The second-order valence-corrected chi connectivity index (χ2v) is 5.42. The molecule has 0 fully saturated rings. The fourth-order valence-electron chi connectivity index (χ4n) is 2.66. The fourth-order valence-corrected chi connectivity index (χ4v) is 2.66. The number of carboxylic acid groups (broad SMARTS) is 1. The normalized spacial score (nSPS) is 15.9. The van der Waals surface area contributed by atoms with Crippen LogP contribution in [0.2, 0.25) is 0 Å². The summed E-state index contributed by atoms with van der Waals surface area (Å²) in [6.07, 6.45) is 2.96. The predicted octanol–water partition coefficient (Wildman–Crippen LogP) is 3.09. The third-order valence-electron chi connectivity index (χ3n) is 3.73. The summed E-state index contributed by atoms with van der Waals surface area (Å²) in [6, 6.07) is 15.8. The molecule has 3 rings (SSSR count). The lowest BCUT2D eigenvalue weighted by Crippen LogP contribution is -2.13. The van der Waals surface area contributed by atoms with Gasteiger partial charge >= 0.3 is 5.97 Å². The smallest absolute Gasteiger partial charge is 0.341 e. The lowest BCUT2D eigenvalue weighted by Gasteiger charge is -2.10. The Morgan fingerprint density at radius 3 is 2.82 bits per heavy atom. The molecule has 0 radical (unpaired) electrons. The van der Waals surface area contributed by atoms with Gasteiger partial charge in [0.25, 0.3) is 0 Å². The van der Waals surface area contributed by atoms with E-state index >= 15 is 0 Å². The number of benzene rings is 2. The van der Waals surface area contributed by atoms with E-state index in [9.17, 15) is 4.79 Å². The molecular weight excluding hydrogens is 280 g/mol. The number of carboxylic acids is 1. The van der Waals surface area contributed by atoms with Crippen LogP contribution in [0.3, 0.4) is 0 Å². The van der Waals surface area contributed by atoms with Gasteiger partial charge in [-0.15, -0.1) is 0 Å². The van der Waals surface area contributed by atoms with Crippen molar-refractivity contribution < 1.29 is 19.4 Å². The van der Waals surface area contributed by atoms with E-state index in [0.29, 0.717) is 5.75 Å². The molecule has 1 aliphatic heterocycles. The highest BCUT2D eigenvalue weighted by Gasteiger charge is 2.23. The summed E-state index contributed by atoms with van der Waals surface area (Å²) in [6.45, 7) is -0.322. The average molecular weight is 298 g/mol. The number of carbonyl (C=O) groups is 1. The van der Waals surface area contributed by atoms with Crippen molar-refractivity contribution in [3.8, 4) is 11.5 Å². The maximum absolute atomic E-state index is 10.5. The quantitative estimate of drug-likeness (QED) is 0.890. The number of rotatable bonds is 6. The maximum Gasteiger partial charge on any atom is 0.341 e. The van der Waals surface area contributed by atoms with E-state index in [0.717, 1.165) is 30.6 Å². The van der Waals surface area contributed by atoms with Gasteiger partial charge in [0.2, 0.25) is 0 Å². The molecule has 22 heavy (non-hydrogen) atoms. The lowest BCUT2D eigenvalue weighted by atomic mass is 10.0. The molecule has 2 aromatic carbocycles. The van der Waals surface area contributed by atoms with Crippen LogP contribution in [-0.2, 0) is 17.6 Å². The second kappa shape index (κ2) is 6.52. The van der Waals surface area contributed by atoms with Gasteiger partial charge in [0.1, 0.15) is 17.6 Å². The van der Waals surface area contributed by atoms with Crippen LogP contribution in [0.1, 0.15) is 17.5 Å². The van der Waals surface area contributed by atoms with E-state index in [4.69, 9.17) is 14.6 Å². The van der Waals surface area contributed by atoms with Crippen LogP contribution in [0.5, 0.6) is 11.5 Å². The number of aryl methyl sites for hydroxylation is 1. The van der Waals surface area contributed by atoms with Crippen molar-refractivity contribution in [2.45, 2.75) is 25.4 Å². The van der Waals surface area contributed by atoms with E-state index in [2.05, 4.69) is 12.1 Å². The Balaban J connectivity index is 1.57. The van der Waals surface area contributed by atoms with Gasteiger partial charge in [0.05, 0.1) is 0 Å². The molecule has 1 heterocycles. The van der Waals surface area contributed by atoms with E-state index in [1.165, 1.54) is 5.56 Å². The van der Waals surface area contributed by atoms with Gasteiger partial charge in [-0.25, -0.2) is 4.79 Å². The molecule has 1 N–H and O–H groups in total. The summed E-state index contributed by atoms with van der Waals surface area (Å²) in [4.78, 5) is 10.5. The Hall–Kier alpha value is -2.49. The van der Waals surface area contributed by atoms with Crippen LogP contribution < -0.4 is 9.47 Å². The zero-order valence-corrected chi connectivity index (χ0v) is 12.2. The minimum atomic E-state index is -0.975. The highest BCUT2D eigenvalue weighted by molar-refractivity contribution is 5.68. The molecule has 4 heteroatoms. The van der Waals surface area contributed by atoms with Gasteiger partial charge in [-0.1, -0.05) is 30.3 Å². The Morgan fingerprint density at radius 2 is 2.05 bits per heavy atom. The highest BCUT2D eigenvalue weighted by Crippen LogP contribution is 2.33. The SMILES string of the molecule is O=C(O)COc1ccc2c(c1)CC(CCc1ccccc1)O2. The minimum Gasteiger partial charge on any atom is -0.490 e. The summed E-state index contributed by atoms with van der Waals surface area (Å²) in [5.74, 6) is 0.478. The Labute approximate surface area is 129 Å². The van der Waals surface area contributed by atoms with Crippen LogP contribution in [-0.4, -0.2) is 23.8 Å². The maximum atomic E-state index is 10.5. The van der Waals surface area contributed by atoms with Gasteiger partial charge in [-0.05, 0) is 36.6 Å². The first-order valence-corrected chi connectivity index (χ1v) is 7.39. The molecule has 4 nitrogen and oxygen atoms in total. The standard InChI is InChI=1S/C18H18O4/c19-18(20)12-21-15-8-9-17-14(10-15)11-16(22-17)7-6-13-4-2-1-3-5-13/h1-5,8-10,16H,6-7,11-12H2,(H,19,20). The molecule has 0 amide bonds. The monoisotopic (exact) mass is 298 g/mol. The minimum absolute atomic E-state index is 0.171. The third kappa shape index (κ3) is 3.58. The van der Waals surface area contributed by atoms with Gasteiger partial charge < -0.3 is 14.6 Å². The van der Waals surface area contributed by atoms with Crippen LogP contribution in [0.15, 0.2) is 48.5 Å². The number of fused-ring (bicyclic) bond motifs is 1. The van der Waals surface area contributed by atoms with Crippen molar-refractivity contribution >= 4 is 5.97 Å². The Morgan fingerprint density at radius 1 is 1.23 bits per heavy atom. The summed E-state index contributed by atoms with van der Waals surface area (Å²) < 4.78 is 11.1. The van der Waals surface area contributed by atoms with Crippen LogP contribution in [0.25, 0.3) is 0 Å². The van der Waals surface area contributed by atoms with Crippen molar-refractivity contribution in [2.75, 3.05) is 6.61 Å². The zero-order chi connectivity index (χ0) is 15.4. The number of ether oxygens (including phenoxy) is 2. The van der Waals surface area contributed by atoms with E-state index in [1.54, 1.807) is 6.07 Å². The third-order valence-corrected chi connectivity index (χ3v) is 3.73. The first kappa shape index (κ1) is 14.4. The van der Waals surface area contributed by atoms with Crippen molar-refractivity contribution in [2.24, 2.45) is 0 Å². The summed E-state index contributed by atoms with van der Waals surface area (Å²) >= 11 is 0. The largest absolute Gasteiger partial charge is 0.490 e.